The Bertz CT molecular complexity index is 262. The molecule has 0 radical (unpaired) electrons. The monoisotopic (exact) mass is 244 g/mol. The summed E-state index contributed by atoms with van der Waals surface area (Å²) in [7, 11) is 0. The Hall–Kier alpha value is -0.890. The van der Waals surface area contributed by atoms with Crippen LogP contribution in [0.5, 0.6) is 0 Å². The van der Waals surface area contributed by atoms with Crippen molar-refractivity contribution in [1.29, 1.82) is 0 Å². The van der Waals surface area contributed by atoms with Crippen LogP contribution in [-0.4, -0.2) is 74.0 Å². The average Bonchev–Trinajstić information content (AvgIpc) is 2.03. The number of carboxylic acid groups (broad SMARTS) is 3. The van der Waals surface area contributed by atoms with E-state index in [0.717, 1.165) is 0 Å². The molecule has 0 aromatic rings. The summed E-state index contributed by atoms with van der Waals surface area (Å²) >= 11 is 0. The molecule has 0 aromatic heterocycles. The Morgan fingerprint density at radius 3 is 1.56 bits per heavy atom. The van der Waals surface area contributed by atoms with Gasteiger partial charge in [0, 0.05) is 5.57 Å². The molecule has 0 aliphatic rings. The van der Waals surface area contributed by atoms with Crippen LogP contribution in [0.2, 0.25) is 0 Å². The number of hydrogen-bond donors (Lipinski definition) is 4. The predicted octanol–water partition coefficient (Wildman–Crippen LogP) is -1.09. The van der Waals surface area contributed by atoms with Crippen molar-refractivity contribution in [3.63, 3.8) is 0 Å². The summed E-state index contributed by atoms with van der Waals surface area (Å²) in [4.78, 5) is 29.0. The first kappa shape index (κ1) is 20.5. The van der Waals surface area contributed by atoms with E-state index in [1.165, 1.54) is 6.92 Å². The van der Waals surface area contributed by atoms with E-state index in [-0.39, 0.29) is 35.1 Å². The zero-order valence-corrected chi connectivity index (χ0v) is 8.01. The molecule has 0 aliphatic heterocycles. The SMILES string of the molecule is C=C(C)C(=O)O.O=C(O)CC(O)C(=O)O.[NaH]. The first-order valence-corrected chi connectivity index (χ1v) is 3.70. The second-order valence-corrected chi connectivity index (χ2v) is 2.54. The fourth-order valence-corrected chi connectivity index (χ4v) is 0.253. The topological polar surface area (TPSA) is 132 Å². The van der Waals surface area contributed by atoms with Crippen molar-refractivity contribution in [1.82, 2.24) is 0 Å². The normalized spacial score (nSPS) is 9.88. The van der Waals surface area contributed by atoms with Crippen LogP contribution in [0, 0.1) is 0 Å². The van der Waals surface area contributed by atoms with E-state index < -0.39 is 30.4 Å². The average molecular weight is 244 g/mol. The molecule has 1 atom stereocenters. The van der Waals surface area contributed by atoms with E-state index in [1.807, 2.05) is 0 Å². The molecule has 4 N–H and O–H groups in total. The maximum absolute atomic E-state index is 9.72. The Labute approximate surface area is 114 Å². The van der Waals surface area contributed by atoms with Crippen LogP contribution in [0.15, 0.2) is 12.2 Å². The van der Waals surface area contributed by atoms with E-state index >= 15 is 0 Å². The van der Waals surface area contributed by atoms with Gasteiger partial charge in [-0.15, -0.1) is 0 Å². The zero-order chi connectivity index (χ0) is 12.6. The Balaban J connectivity index is -0.000000214. The van der Waals surface area contributed by atoms with E-state index in [4.69, 9.17) is 20.4 Å². The molecule has 0 spiro atoms. The molecule has 0 heterocycles. The van der Waals surface area contributed by atoms with Crippen LogP contribution in [0.4, 0.5) is 0 Å². The molecular weight excluding hydrogens is 231 g/mol. The molecule has 0 aliphatic carbocycles. The van der Waals surface area contributed by atoms with Gasteiger partial charge in [-0.3, -0.25) is 4.79 Å². The Kier molecular flexibility index (Phi) is 13.6. The van der Waals surface area contributed by atoms with Gasteiger partial charge >= 0.3 is 47.5 Å². The van der Waals surface area contributed by atoms with Crippen molar-refractivity contribution in [2.24, 2.45) is 0 Å². The second kappa shape index (κ2) is 10.6. The number of hydrogen-bond acceptors (Lipinski definition) is 4. The summed E-state index contributed by atoms with van der Waals surface area (Å²) in [6, 6.07) is 0. The molecule has 1 unspecified atom stereocenters. The van der Waals surface area contributed by atoms with Crippen molar-refractivity contribution in [2.75, 3.05) is 0 Å². The number of rotatable bonds is 4. The summed E-state index contributed by atoms with van der Waals surface area (Å²) in [6.45, 7) is 4.60. The van der Waals surface area contributed by atoms with Gasteiger partial charge in [0.1, 0.15) is 0 Å². The fourth-order valence-electron chi connectivity index (χ4n) is 0.253. The molecule has 0 aromatic carbocycles. The van der Waals surface area contributed by atoms with Gasteiger partial charge in [0.05, 0.1) is 6.42 Å². The minimum atomic E-state index is -1.79. The van der Waals surface area contributed by atoms with E-state index in [2.05, 4.69) is 6.58 Å². The summed E-state index contributed by atoms with van der Waals surface area (Å²) in [5.41, 5.74) is 0.176. The van der Waals surface area contributed by atoms with Crippen LogP contribution < -0.4 is 0 Å². The minimum absolute atomic E-state index is 0. The van der Waals surface area contributed by atoms with E-state index in [9.17, 15) is 14.4 Å². The summed E-state index contributed by atoms with van der Waals surface area (Å²) in [5.74, 6) is -3.78. The number of aliphatic hydroxyl groups is 1. The third-order valence-electron chi connectivity index (χ3n) is 1.02. The zero-order valence-electron chi connectivity index (χ0n) is 8.01. The maximum atomic E-state index is 9.72. The van der Waals surface area contributed by atoms with Gasteiger partial charge in [0.25, 0.3) is 0 Å². The van der Waals surface area contributed by atoms with E-state index in [1.54, 1.807) is 0 Å². The standard InChI is InChI=1S/C4H6O5.C4H6O2.Na.H/c5-2(4(8)9)1-3(6)7;1-3(2)4(5)6;;/h2,5H,1H2,(H,6,7)(H,8,9);1H2,2H3,(H,5,6);;. The molecule has 0 saturated heterocycles. The van der Waals surface area contributed by atoms with Gasteiger partial charge in [-0.2, -0.15) is 0 Å². The molecule has 0 saturated carbocycles. The third kappa shape index (κ3) is 15.6. The van der Waals surface area contributed by atoms with Gasteiger partial charge in [-0.25, -0.2) is 9.59 Å². The van der Waals surface area contributed by atoms with Gasteiger partial charge in [-0.1, -0.05) is 6.58 Å². The Morgan fingerprint density at radius 1 is 1.19 bits per heavy atom. The summed E-state index contributed by atoms with van der Waals surface area (Å²) in [5, 5.41) is 32.0. The van der Waals surface area contributed by atoms with Crippen LogP contribution >= 0.6 is 0 Å². The second-order valence-electron chi connectivity index (χ2n) is 2.54. The quantitative estimate of drug-likeness (QED) is 0.364. The number of aliphatic hydroxyl groups excluding tert-OH is 1. The van der Waals surface area contributed by atoms with Gasteiger partial charge < -0.3 is 20.4 Å². The van der Waals surface area contributed by atoms with E-state index in [0.29, 0.717) is 0 Å². The van der Waals surface area contributed by atoms with Crippen LogP contribution in [0.3, 0.4) is 0 Å². The summed E-state index contributed by atoms with van der Waals surface area (Å²) < 4.78 is 0. The molecule has 0 amide bonds. The van der Waals surface area contributed by atoms with Crippen LogP contribution in [0.1, 0.15) is 13.3 Å². The third-order valence-corrected chi connectivity index (χ3v) is 1.02. The summed E-state index contributed by atoms with van der Waals surface area (Å²) in [6.07, 6.45) is -2.54. The van der Waals surface area contributed by atoms with Gasteiger partial charge in [0.15, 0.2) is 6.10 Å². The number of carboxylic acids is 3. The molecule has 0 fully saturated rings. The van der Waals surface area contributed by atoms with Gasteiger partial charge in [0.2, 0.25) is 0 Å². The fraction of sp³-hybridized carbons (Fsp3) is 0.375. The van der Waals surface area contributed by atoms with Gasteiger partial charge in [-0.05, 0) is 6.92 Å². The number of carbonyl (C=O) groups is 3. The molecule has 7 nitrogen and oxygen atoms in total. The predicted molar refractivity (Wildman–Crippen MR) is 55.5 cm³/mol. The van der Waals surface area contributed by atoms with Crippen molar-refractivity contribution in [3.05, 3.63) is 12.2 Å². The first-order valence-electron chi connectivity index (χ1n) is 3.70. The Morgan fingerprint density at radius 2 is 1.50 bits per heavy atom. The van der Waals surface area contributed by atoms with Crippen molar-refractivity contribution >= 4 is 47.5 Å². The molecular formula is C8H13NaO7. The molecule has 0 bridgehead atoms. The molecule has 16 heavy (non-hydrogen) atoms. The first-order chi connectivity index (χ1) is 6.68. The van der Waals surface area contributed by atoms with Crippen LogP contribution in [-0.2, 0) is 14.4 Å². The van der Waals surface area contributed by atoms with Crippen molar-refractivity contribution in [3.8, 4) is 0 Å². The number of aliphatic carboxylic acids is 3. The molecule has 8 heteroatoms. The molecule has 88 valence electrons. The molecule has 0 rings (SSSR count). The van der Waals surface area contributed by atoms with Crippen molar-refractivity contribution < 1.29 is 34.8 Å². The van der Waals surface area contributed by atoms with Crippen LogP contribution in [0.25, 0.3) is 0 Å². The van der Waals surface area contributed by atoms with Crippen molar-refractivity contribution in [2.45, 2.75) is 19.4 Å².